The Hall–Kier alpha value is -2.83. The molecule has 0 saturated heterocycles. The summed E-state index contributed by atoms with van der Waals surface area (Å²) in [4.78, 5) is 17.8. The van der Waals surface area contributed by atoms with E-state index < -0.39 is 0 Å². The molecule has 0 N–H and O–H groups in total. The third kappa shape index (κ3) is 3.22. The van der Waals surface area contributed by atoms with Crippen LogP contribution in [0.4, 0.5) is 11.4 Å². The van der Waals surface area contributed by atoms with Crippen LogP contribution >= 0.6 is 22.7 Å². The van der Waals surface area contributed by atoms with Crippen LogP contribution in [0.25, 0.3) is 20.5 Å². The second kappa shape index (κ2) is 6.58. The average molecular weight is 364 g/mol. The maximum absolute atomic E-state index is 11.1. The molecule has 0 atom stereocenters. The molecule has 6 heteroatoms. The number of nitrogens with zero attached hydrogens (tertiary/aromatic N) is 2. The fourth-order valence-electron chi connectivity index (χ4n) is 2.57. The normalized spacial score (nSPS) is 11.4. The van der Waals surface area contributed by atoms with Crippen LogP contribution in [0.15, 0.2) is 71.0 Å². The number of benzene rings is 2. The summed E-state index contributed by atoms with van der Waals surface area (Å²) in [6, 6.07) is 19.6. The molecular formula is C19H12N2O2S2. The highest BCUT2D eigenvalue weighted by Gasteiger charge is 2.17. The molecule has 2 aromatic carbocycles. The molecule has 0 aliphatic carbocycles. The van der Waals surface area contributed by atoms with Gasteiger partial charge in [-0.15, -0.1) is 22.7 Å². The summed E-state index contributed by atoms with van der Waals surface area (Å²) in [6.45, 7) is 0. The van der Waals surface area contributed by atoms with Crippen LogP contribution in [-0.4, -0.2) is 11.1 Å². The van der Waals surface area contributed by atoms with E-state index in [4.69, 9.17) is 0 Å². The van der Waals surface area contributed by atoms with Crippen LogP contribution in [0.2, 0.25) is 0 Å². The fraction of sp³-hybridized carbons (Fsp3) is 0. The quantitative estimate of drug-likeness (QED) is 0.243. The summed E-state index contributed by atoms with van der Waals surface area (Å²) in [5, 5.41) is 15.2. The van der Waals surface area contributed by atoms with Crippen molar-refractivity contribution in [1.29, 1.82) is 0 Å². The molecule has 0 bridgehead atoms. The topological polar surface area (TPSA) is 55.5 Å². The molecular weight excluding hydrogens is 352 g/mol. The van der Waals surface area contributed by atoms with Gasteiger partial charge >= 0.3 is 0 Å². The van der Waals surface area contributed by atoms with Gasteiger partial charge in [-0.25, -0.2) is 0 Å². The summed E-state index contributed by atoms with van der Waals surface area (Å²) >= 11 is 2.89. The number of hydrogen-bond donors (Lipinski definition) is 0. The van der Waals surface area contributed by atoms with E-state index in [1.54, 1.807) is 17.7 Å². The van der Waals surface area contributed by atoms with Gasteiger partial charge in [0.25, 0.3) is 5.69 Å². The van der Waals surface area contributed by atoms with Gasteiger partial charge in [0.05, 0.1) is 15.5 Å². The van der Waals surface area contributed by atoms with E-state index in [2.05, 4.69) is 23.2 Å². The van der Waals surface area contributed by atoms with E-state index in [0.717, 1.165) is 20.8 Å². The van der Waals surface area contributed by atoms with Gasteiger partial charge in [0, 0.05) is 17.2 Å². The Bertz CT molecular complexity index is 1100. The lowest BCUT2D eigenvalue weighted by Crippen LogP contribution is -1.85. The van der Waals surface area contributed by atoms with Crippen molar-refractivity contribution in [3.63, 3.8) is 0 Å². The Labute approximate surface area is 151 Å². The van der Waals surface area contributed by atoms with Gasteiger partial charge in [0.1, 0.15) is 4.88 Å². The maximum Gasteiger partial charge on any atom is 0.288 e. The monoisotopic (exact) mass is 364 g/mol. The van der Waals surface area contributed by atoms with Crippen molar-refractivity contribution in [2.45, 2.75) is 0 Å². The molecule has 0 aliphatic heterocycles. The molecule has 0 saturated carbocycles. The van der Waals surface area contributed by atoms with Crippen molar-refractivity contribution in [2.75, 3.05) is 0 Å². The lowest BCUT2D eigenvalue weighted by Gasteiger charge is -1.98. The predicted octanol–water partition coefficient (Wildman–Crippen LogP) is 6.29. The van der Waals surface area contributed by atoms with Gasteiger partial charge < -0.3 is 0 Å². The Morgan fingerprint density at radius 3 is 2.68 bits per heavy atom. The first-order valence-corrected chi connectivity index (χ1v) is 9.25. The van der Waals surface area contributed by atoms with E-state index in [9.17, 15) is 10.1 Å². The molecule has 0 radical (unpaired) electrons. The number of fused-ring (bicyclic) bond motifs is 1. The molecule has 0 amide bonds. The number of thiophene rings is 2. The highest BCUT2D eigenvalue weighted by molar-refractivity contribution is 7.22. The van der Waals surface area contributed by atoms with Crippen LogP contribution < -0.4 is 0 Å². The van der Waals surface area contributed by atoms with Crippen molar-refractivity contribution in [3.05, 3.63) is 81.0 Å². The summed E-state index contributed by atoms with van der Waals surface area (Å²) < 4.78 is 0. The van der Waals surface area contributed by atoms with Gasteiger partial charge in [-0.1, -0.05) is 30.3 Å². The standard InChI is InChI=1S/C19H12N2O2S2/c22-21(23)17-9-10-24-19(17)18-8-7-16(25-18)12-20-15-6-5-13-3-1-2-4-14(13)11-15/h1-12H. The zero-order valence-electron chi connectivity index (χ0n) is 13.0. The highest BCUT2D eigenvalue weighted by atomic mass is 32.1. The van der Waals surface area contributed by atoms with E-state index in [0.29, 0.717) is 4.88 Å². The summed E-state index contributed by atoms with van der Waals surface area (Å²) in [7, 11) is 0. The first-order valence-electron chi connectivity index (χ1n) is 7.56. The second-order valence-corrected chi connectivity index (χ2v) is 7.42. The molecule has 2 heterocycles. The van der Waals surface area contributed by atoms with Crippen molar-refractivity contribution >= 4 is 51.0 Å². The summed E-state index contributed by atoms with van der Waals surface area (Å²) in [5.74, 6) is 0. The van der Waals surface area contributed by atoms with Crippen LogP contribution in [-0.2, 0) is 0 Å². The summed E-state index contributed by atoms with van der Waals surface area (Å²) in [6.07, 6.45) is 1.80. The van der Waals surface area contributed by atoms with E-state index in [-0.39, 0.29) is 10.6 Å². The minimum absolute atomic E-state index is 0.157. The van der Waals surface area contributed by atoms with Crippen molar-refractivity contribution < 1.29 is 4.92 Å². The van der Waals surface area contributed by atoms with Crippen molar-refractivity contribution in [2.24, 2.45) is 4.99 Å². The number of nitro groups is 1. The molecule has 0 spiro atoms. The largest absolute Gasteiger partial charge is 0.288 e. The minimum Gasteiger partial charge on any atom is -0.258 e. The minimum atomic E-state index is -0.339. The van der Waals surface area contributed by atoms with Crippen LogP contribution in [0.1, 0.15) is 4.88 Å². The Kier molecular flexibility index (Phi) is 4.13. The second-order valence-electron chi connectivity index (χ2n) is 5.38. The molecule has 2 aromatic heterocycles. The lowest BCUT2D eigenvalue weighted by atomic mass is 10.1. The van der Waals surface area contributed by atoms with Gasteiger partial charge in [-0.05, 0) is 40.4 Å². The van der Waals surface area contributed by atoms with Crippen LogP contribution in [0, 0.1) is 10.1 Å². The smallest absolute Gasteiger partial charge is 0.258 e. The molecule has 0 unspecified atom stereocenters. The predicted molar refractivity (Wildman–Crippen MR) is 105 cm³/mol. The molecule has 4 rings (SSSR count). The van der Waals surface area contributed by atoms with Crippen LogP contribution in [0.3, 0.4) is 0 Å². The van der Waals surface area contributed by atoms with Crippen molar-refractivity contribution in [1.82, 2.24) is 0 Å². The van der Waals surface area contributed by atoms with Crippen LogP contribution in [0.5, 0.6) is 0 Å². The zero-order chi connectivity index (χ0) is 17.2. The first kappa shape index (κ1) is 15.7. The maximum atomic E-state index is 11.1. The molecule has 0 aliphatic rings. The molecule has 25 heavy (non-hydrogen) atoms. The average Bonchev–Trinajstić information content (AvgIpc) is 3.28. The molecule has 0 fully saturated rings. The lowest BCUT2D eigenvalue weighted by molar-refractivity contribution is -0.383. The molecule has 4 aromatic rings. The van der Waals surface area contributed by atoms with Gasteiger partial charge in [-0.3, -0.25) is 15.1 Å². The molecule has 122 valence electrons. The molecule has 4 nitrogen and oxygen atoms in total. The van der Waals surface area contributed by atoms with Crippen molar-refractivity contribution in [3.8, 4) is 9.75 Å². The third-order valence-electron chi connectivity index (χ3n) is 3.77. The Balaban J connectivity index is 1.60. The highest BCUT2D eigenvalue weighted by Crippen LogP contribution is 2.38. The van der Waals surface area contributed by atoms with E-state index >= 15 is 0 Å². The fourth-order valence-corrected chi connectivity index (χ4v) is 4.45. The Morgan fingerprint density at radius 1 is 1.00 bits per heavy atom. The van der Waals surface area contributed by atoms with Gasteiger partial charge in [0.2, 0.25) is 0 Å². The number of rotatable bonds is 4. The summed E-state index contributed by atoms with van der Waals surface area (Å²) in [5.41, 5.74) is 1.04. The zero-order valence-corrected chi connectivity index (χ0v) is 14.6. The Morgan fingerprint density at radius 2 is 1.84 bits per heavy atom. The SMILES string of the molecule is O=[N+]([O-])c1ccsc1-c1ccc(C=Nc2ccc3ccccc3c2)s1. The number of hydrogen-bond acceptors (Lipinski definition) is 5. The van der Waals surface area contributed by atoms with E-state index in [1.165, 1.54) is 28.1 Å². The third-order valence-corrected chi connectivity index (χ3v) is 5.87. The first-order chi connectivity index (χ1) is 12.2. The van der Waals surface area contributed by atoms with Gasteiger partial charge in [0.15, 0.2) is 0 Å². The number of aliphatic imine (C=N–C) groups is 1. The van der Waals surface area contributed by atoms with E-state index in [1.807, 2.05) is 36.4 Å². The van der Waals surface area contributed by atoms with Gasteiger partial charge in [-0.2, -0.15) is 0 Å².